The molecule has 1 saturated heterocycles. The van der Waals surface area contributed by atoms with Crippen molar-refractivity contribution in [2.75, 3.05) is 18.4 Å². The maximum Gasteiger partial charge on any atom is 0.238 e. The summed E-state index contributed by atoms with van der Waals surface area (Å²) in [4.78, 5) is 14.6. The number of hydrogen-bond acceptors (Lipinski definition) is 3. The van der Waals surface area contributed by atoms with E-state index < -0.39 is 0 Å². The normalized spacial score (nSPS) is 17.2. The summed E-state index contributed by atoms with van der Waals surface area (Å²) < 4.78 is 0. The summed E-state index contributed by atoms with van der Waals surface area (Å²) in [6.45, 7) is 1.42. The number of nitrogens with zero attached hydrogens (tertiary/aromatic N) is 2. The van der Waals surface area contributed by atoms with Crippen LogP contribution in [0.15, 0.2) is 54.6 Å². The molecule has 1 N–H and O–H groups in total. The first-order valence-electron chi connectivity index (χ1n) is 8.82. The molecule has 25 heavy (non-hydrogen) atoms. The van der Waals surface area contributed by atoms with Gasteiger partial charge in [-0.2, -0.15) is 5.26 Å². The first-order chi connectivity index (χ1) is 12.2. The van der Waals surface area contributed by atoms with E-state index in [9.17, 15) is 4.79 Å². The molecule has 0 radical (unpaired) electrons. The van der Waals surface area contributed by atoms with Crippen molar-refractivity contribution in [1.29, 1.82) is 5.26 Å². The SMILES string of the molecule is N#Cc1ccc(NC(=O)CN2CCCC2CCc2ccccc2)cc1. The van der Waals surface area contributed by atoms with Crippen molar-refractivity contribution < 1.29 is 4.79 Å². The predicted molar refractivity (Wildman–Crippen MR) is 99.1 cm³/mol. The molecule has 2 aromatic rings. The highest BCUT2D eigenvalue weighted by atomic mass is 16.2. The number of nitrogens with one attached hydrogen (secondary N) is 1. The fourth-order valence-corrected chi connectivity index (χ4v) is 3.42. The van der Waals surface area contributed by atoms with Gasteiger partial charge >= 0.3 is 0 Å². The van der Waals surface area contributed by atoms with E-state index in [1.165, 1.54) is 5.56 Å². The van der Waals surface area contributed by atoms with E-state index >= 15 is 0 Å². The van der Waals surface area contributed by atoms with Crippen molar-refractivity contribution in [3.63, 3.8) is 0 Å². The molecular formula is C21H23N3O. The lowest BCUT2D eigenvalue weighted by Gasteiger charge is -2.24. The minimum absolute atomic E-state index is 0.0105. The standard InChI is InChI=1S/C21H23N3O/c22-15-18-8-11-19(12-9-18)23-21(25)16-24-14-4-7-20(24)13-10-17-5-2-1-3-6-17/h1-3,5-6,8-9,11-12,20H,4,7,10,13-14,16H2,(H,23,25). The van der Waals surface area contributed by atoms with Gasteiger partial charge in [0.25, 0.3) is 0 Å². The molecule has 1 atom stereocenters. The molecule has 1 unspecified atom stereocenters. The summed E-state index contributed by atoms with van der Waals surface area (Å²) in [7, 11) is 0. The molecule has 1 aliphatic heterocycles. The molecule has 4 heteroatoms. The predicted octanol–water partition coefficient (Wildman–Crippen LogP) is 3.59. The van der Waals surface area contributed by atoms with E-state index in [0.717, 1.165) is 37.9 Å². The van der Waals surface area contributed by atoms with Crippen molar-refractivity contribution >= 4 is 11.6 Å². The second-order valence-corrected chi connectivity index (χ2v) is 6.53. The third kappa shape index (κ3) is 4.91. The van der Waals surface area contributed by atoms with E-state index in [2.05, 4.69) is 40.6 Å². The van der Waals surface area contributed by atoms with Crippen LogP contribution in [0.3, 0.4) is 0 Å². The van der Waals surface area contributed by atoms with Crippen molar-refractivity contribution in [3.8, 4) is 6.07 Å². The Morgan fingerprint density at radius 3 is 2.64 bits per heavy atom. The largest absolute Gasteiger partial charge is 0.325 e. The molecule has 0 aromatic heterocycles. The van der Waals surface area contributed by atoms with Crippen LogP contribution in [0.2, 0.25) is 0 Å². The van der Waals surface area contributed by atoms with Crippen LogP contribution in [0.25, 0.3) is 0 Å². The maximum atomic E-state index is 12.3. The molecular weight excluding hydrogens is 310 g/mol. The zero-order chi connectivity index (χ0) is 17.5. The number of carbonyl (C=O) groups is 1. The van der Waals surface area contributed by atoms with Gasteiger partial charge < -0.3 is 5.32 Å². The summed E-state index contributed by atoms with van der Waals surface area (Å²) >= 11 is 0. The van der Waals surface area contributed by atoms with E-state index in [4.69, 9.17) is 5.26 Å². The minimum atomic E-state index is 0.0105. The number of nitriles is 1. The van der Waals surface area contributed by atoms with Crippen molar-refractivity contribution in [2.45, 2.75) is 31.7 Å². The molecule has 2 aromatic carbocycles. The van der Waals surface area contributed by atoms with Gasteiger partial charge in [0.15, 0.2) is 0 Å². The lowest BCUT2D eigenvalue weighted by Crippen LogP contribution is -2.37. The summed E-state index contributed by atoms with van der Waals surface area (Å²) in [6, 6.07) is 20.1. The highest BCUT2D eigenvalue weighted by Gasteiger charge is 2.25. The summed E-state index contributed by atoms with van der Waals surface area (Å²) in [5.41, 5.74) is 2.69. The van der Waals surface area contributed by atoms with Gasteiger partial charge in [-0.25, -0.2) is 0 Å². The number of rotatable bonds is 6. The fraction of sp³-hybridized carbons (Fsp3) is 0.333. The van der Waals surface area contributed by atoms with Crippen LogP contribution >= 0.6 is 0 Å². The minimum Gasteiger partial charge on any atom is -0.325 e. The molecule has 0 saturated carbocycles. The Morgan fingerprint density at radius 1 is 1.16 bits per heavy atom. The molecule has 128 valence electrons. The summed E-state index contributed by atoms with van der Waals surface area (Å²) in [6.07, 6.45) is 4.47. The van der Waals surface area contributed by atoms with Crippen LogP contribution < -0.4 is 5.32 Å². The van der Waals surface area contributed by atoms with Crippen LogP contribution in [0.5, 0.6) is 0 Å². The van der Waals surface area contributed by atoms with Crippen LogP contribution in [-0.2, 0) is 11.2 Å². The monoisotopic (exact) mass is 333 g/mol. The van der Waals surface area contributed by atoms with Gasteiger partial charge in [0.2, 0.25) is 5.91 Å². The Morgan fingerprint density at radius 2 is 1.92 bits per heavy atom. The number of carbonyl (C=O) groups excluding carboxylic acids is 1. The van der Waals surface area contributed by atoms with Gasteiger partial charge in [-0.1, -0.05) is 30.3 Å². The zero-order valence-corrected chi connectivity index (χ0v) is 14.3. The van der Waals surface area contributed by atoms with Crippen molar-refractivity contribution in [1.82, 2.24) is 4.90 Å². The second kappa shape index (κ2) is 8.46. The molecule has 1 aliphatic rings. The van der Waals surface area contributed by atoms with Gasteiger partial charge in [0, 0.05) is 11.7 Å². The lowest BCUT2D eigenvalue weighted by atomic mass is 10.0. The Balaban J connectivity index is 1.50. The highest BCUT2D eigenvalue weighted by Crippen LogP contribution is 2.21. The third-order valence-corrected chi connectivity index (χ3v) is 4.75. The highest BCUT2D eigenvalue weighted by molar-refractivity contribution is 5.92. The van der Waals surface area contributed by atoms with E-state index in [1.54, 1.807) is 24.3 Å². The van der Waals surface area contributed by atoms with Gasteiger partial charge in [-0.3, -0.25) is 9.69 Å². The molecule has 4 nitrogen and oxygen atoms in total. The summed E-state index contributed by atoms with van der Waals surface area (Å²) in [5.74, 6) is 0.0105. The number of amides is 1. The Kier molecular flexibility index (Phi) is 5.81. The maximum absolute atomic E-state index is 12.3. The number of likely N-dealkylation sites (tertiary alicyclic amines) is 1. The van der Waals surface area contributed by atoms with Crippen molar-refractivity contribution in [2.24, 2.45) is 0 Å². The van der Waals surface area contributed by atoms with E-state index in [-0.39, 0.29) is 5.91 Å². The van der Waals surface area contributed by atoms with Gasteiger partial charge in [0.05, 0.1) is 18.2 Å². The van der Waals surface area contributed by atoms with Crippen molar-refractivity contribution in [3.05, 3.63) is 65.7 Å². The molecule has 1 amide bonds. The van der Waals surface area contributed by atoms with Gasteiger partial charge in [-0.05, 0) is 62.1 Å². The fourth-order valence-electron chi connectivity index (χ4n) is 3.42. The Hall–Kier alpha value is -2.64. The average molecular weight is 333 g/mol. The number of hydrogen-bond donors (Lipinski definition) is 1. The first kappa shape index (κ1) is 17.2. The molecule has 0 spiro atoms. The zero-order valence-electron chi connectivity index (χ0n) is 14.3. The number of aryl methyl sites for hydroxylation is 1. The van der Waals surface area contributed by atoms with Gasteiger partial charge in [-0.15, -0.1) is 0 Å². The molecule has 0 aliphatic carbocycles. The van der Waals surface area contributed by atoms with Gasteiger partial charge in [0.1, 0.15) is 0 Å². The number of benzene rings is 2. The average Bonchev–Trinajstić information content (AvgIpc) is 3.08. The van der Waals surface area contributed by atoms with E-state index in [0.29, 0.717) is 18.2 Å². The third-order valence-electron chi connectivity index (χ3n) is 4.75. The second-order valence-electron chi connectivity index (χ2n) is 6.53. The topological polar surface area (TPSA) is 56.1 Å². The quantitative estimate of drug-likeness (QED) is 0.879. The molecule has 3 rings (SSSR count). The number of anilines is 1. The first-order valence-corrected chi connectivity index (χ1v) is 8.82. The Bertz CT molecular complexity index is 734. The van der Waals surface area contributed by atoms with Crippen LogP contribution in [0, 0.1) is 11.3 Å². The lowest BCUT2D eigenvalue weighted by molar-refractivity contribution is -0.117. The molecule has 1 heterocycles. The van der Waals surface area contributed by atoms with Crippen LogP contribution in [0.4, 0.5) is 5.69 Å². The molecule has 1 fully saturated rings. The Labute approximate surface area is 149 Å². The van der Waals surface area contributed by atoms with Crippen LogP contribution in [0.1, 0.15) is 30.4 Å². The van der Waals surface area contributed by atoms with Crippen LogP contribution in [-0.4, -0.2) is 29.9 Å². The molecule has 0 bridgehead atoms. The smallest absolute Gasteiger partial charge is 0.238 e. The van der Waals surface area contributed by atoms with E-state index in [1.807, 2.05) is 6.07 Å². The summed E-state index contributed by atoms with van der Waals surface area (Å²) in [5, 5.41) is 11.7.